The van der Waals surface area contributed by atoms with Crippen LogP contribution in [0.15, 0.2) is 78.2 Å². The van der Waals surface area contributed by atoms with Gasteiger partial charge in [-0.25, -0.2) is 15.4 Å². The molecule has 3 aromatic heterocycles. The molecule has 0 aliphatic heterocycles. The van der Waals surface area contributed by atoms with Gasteiger partial charge in [0.25, 0.3) is 0 Å². The monoisotopic (exact) mass is 571 g/mol. The van der Waals surface area contributed by atoms with Crippen molar-refractivity contribution in [3.63, 3.8) is 0 Å². The molecule has 10 heteroatoms. The van der Waals surface area contributed by atoms with Gasteiger partial charge in [-0.05, 0) is 55.0 Å². The number of unbranched alkanes of at least 4 members (excludes halogenated alkanes) is 1. The molecule has 0 atom stereocenters. The minimum Gasteiger partial charge on any atom is -0.340 e. The molecule has 0 saturated carbocycles. The van der Waals surface area contributed by atoms with Crippen molar-refractivity contribution >= 4 is 45.7 Å². The molecule has 0 bridgehead atoms. The smallest absolute Gasteiger partial charge is 0.247 e. The lowest BCUT2D eigenvalue weighted by Gasteiger charge is -2.11. The highest BCUT2D eigenvalue weighted by molar-refractivity contribution is 7.98. The van der Waals surface area contributed by atoms with Crippen molar-refractivity contribution in [2.75, 3.05) is 12.8 Å². The van der Waals surface area contributed by atoms with Crippen LogP contribution >= 0.6 is 23.1 Å². The number of amides is 1. The number of nitrogens with two attached hydrogens (primary N) is 1. The number of fused-ring (bicyclic) bond motifs is 1. The number of nitrogens with one attached hydrogen (secondary N) is 1. The Hall–Kier alpha value is -3.83. The molecule has 2 aromatic carbocycles. The van der Waals surface area contributed by atoms with Crippen molar-refractivity contribution in [3.05, 3.63) is 89.1 Å². The summed E-state index contributed by atoms with van der Waals surface area (Å²) in [6.07, 6.45) is 7.03. The Morgan fingerprint density at radius 3 is 2.50 bits per heavy atom. The first kappa shape index (κ1) is 27.7. The summed E-state index contributed by atoms with van der Waals surface area (Å²) in [6.45, 7) is 1.42. The van der Waals surface area contributed by atoms with E-state index in [1.54, 1.807) is 23.9 Å². The number of rotatable bonds is 11. The van der Waals surface area contributed by atoms with E-state index < -0.39 is 5.91 Å². The summed E-state index contributed by atoms with van der Waals surface area (Å²) in [6, 6.07) is 19.9. The van der Waals surface area contributed by atoms with Gasteiger partial charge in [0.05, 0.1) is 11.3 Å². The Morgan fingerprint density at radius 2 is 1.80 bits per heavy atom. The highest BCUT2D eigenvalue weighted by atomic mass is 32.2. The number of aromatic nitrogens is 3. The van der Waals surface area contributed by atoms with E-state index in [2.05, 4.69) is 32.7 Å². The number of hydrogen-bond donors (Lipinski definition) is 3. The summed E-state index contributed by atoms with van der Waals surface area (Å²) in [4.78, 5) is 35.7. The molecule has 0 saturated heterocycles. The average molecular weight is 572 g/mol. The number of carbonyl (C=O) groups is 2. The molecule has 3 heterocycles. The lowest BCUT2D eigenvalue weighted by Crippen LogP contribution is -2.20. The Bertz CT molecular complexity index is 1650. The van der Waals surface area contributed by atoms with Crippen molar-refractivity contribution in [2.45, 2.75) is 31.0 Å². The first-order valence-corrected chi connectivity index (χ1v) is 14.9. The number of benzene rings is 2. The maximum Gasteiger partial charge on any atom is 0.247 e. The van der Waals surface area contributed by atoms with E-state index in [4.69, 9.17) is 10.9 Å². The van der Waals surface area contributed by atoms with Crippen molar-refractivity contribution in [3.8, 4) is 21.7 Å². The zero-order valence-corrected chi connectivity index (χ0v) is 23.6. The maximum absolute atomic E-state index is 13.8. The lowest BCUT2D eigenvalue weighted by molar-refractivity contribution is -0.128. The fourth-order valence-electron chi connectivity index (χ4n) is 4.71. The summed E-state index contributed by atoms with van der Waals surface area (Å²) in [5.74, 6) is -0.703. The molecule has 8 nitrogen and oxygen atoms in total. The standard InChI is InChI=1S/C30H29N5O3S2/c1-39-30-32-17-23(18-33-30)29-22(16-27(36)34-38)15-26(40-29)28(37)21-10-9-20-13-24(19-7-3-2-4-8-19)35(25(20)14-21)12-6-5-11-31/h2-4,7-10,13-15,17-18,38H,5-6,11-12,16,31H2,1H3,(H,34,36). The Kier molecular flexibility index (Phi) is 8.71. The number of thioether (sulfide) groups is 1. The Morgan fingerprint density at radius 1 is 1.02 bits per heavy atom. The molecule has 5 aromatic rings. The van der Waals surface area contributed by atoms with Gasteiger partial charge in [-0.2, -0.15) is 0 Å². The molecule has 5 rings (SSSR count). The van der Waals surface area contributed by atoms with Gasteiger partial charge in [0.15, 0.2) is 5.16 Å². The molecule has 0 radical (unpaired) electrons. The topological polar surface area (TPSA) is 123 Å². The molecule has 0 aliphatic carbocycles. The van der Waals surface area contributed by atoms with Gasteiger partial charge in [0.1, 0.15) is 0 Å². The van der Waals surface area contributed by atoms with Crippen LogP contribution in [0.3, 0.4) is 0 Å². The second-order valence-corrected chi connectivity index (χ2v) is 11.1. The molecule has 0 spiro atoms. The number of ketones is 1. The Labute approximate surface area is 240 Å². The van der Waals surface area contributed by atoms with Crippen molar-refractivity contribution in [2.24, 2.45) is 5.73 Å². The van der Waals surface area contributed by atoms with Crippen molar-refractivity contribution in [1.82, 2.24) is 20.0 Å². The highest BCUT2D eigenvalue weighted by Gasteiger charge is 2.21. The molecular weight excluding hydrogens is 542 g/mol. The average Bonchev–Trinajstić information content (AvgIpc) is 3.58. The van der Waals surface area contributed by atoms with E-state index >= 15 is 0 Å². The van der Waals surface area contributed by atoms with Crippen LogP contribution in [0.25, 0.3) is 32.6 Å². The minimum absolute atomic E-state index is 0.0800. The molecule has 4 N–H and O–H groups in total. The second kappa shape index (κ2) is 12.6. The van der Waals surface area contributed by atoms with E-state index in [-0.39, 0.29) is 12.2 Å². The van der Waals surface area contributed by atoms with Crippen LogP contribution in [0.5, 0.6) is 0 Å². The first-order valence-electron chi connectivity index (χ1n) is 12.9. The normalized spacial score (nSPS) is 11.2. The zero-order chi connectivity index (χ0) is 28.1. The summed E-state index contributed by atoms with van der Waals surface area (Å²) in [7, 11) is 0. The number of carbonyl (C=O) groups excluding carboxylic acids is 2. The molecule has 0 unspecified atom stereocenters. The van der Waals surface area contributed by atoms with Crippen molar-refractivity contribution < 1.29 is 14.8 Å². The van der Waals surface area contributed by atoms with Crippen molar-refractivity contribution in [1.29, 1.82) is 0 Å². The van der Waals surface area contributed by atoms with Gasteiger partial charge < -0.3 is 10.3 Å². The van der Waals surface area contributed by atoms with Crippen LogP contribution in [-0.4, -0.2) is 44.2 Å². The molecule has 0 aliphatic rings. The number of nitrogens with zero attached hydrogens (tertiary/aromatic N) is 3. The lowest BCUT2D eigenvalue weighted by atomic mass is 10.0. The molecule has 0 fully saturated rings. The summed E-state index contributed by atoms with van der Waals surface area (Å²) >= 11 is 2.72. The zero-order valence-electron chi connectivity index (χ0n) is 22.0. The van der Waals surface area contributed by atoms with E-state index in [1.165, 1.54) is 23.1 Å². The van der Waals surface area contributed by atoms with Crippen LogP contribution in [0.1, 0.15) is 33.6 Å². The summed E-state index contributed by atoms with van der Waals surface area (Å²) in [5, 5.41) is 10.8. The Balaban J connectivity index is 1.55. The highest BCUT2D eigenvalue weighted by Crippen LogP contribution is 2.35. The number of hydroxylamine groups is 1. The predicted octanol–water partition coefficient (Wildman–Crippen LogP) is 5.57. The van der Waals surface area contributed by atoms with Crippen LogP contribution in [0.2, 0.25) is 0 Å². The summed E-state index contributed by atoms with van der Waals surface area (Å²) in [5.41, 5.74) is 12.5. The molecular formula is C30H29N5O3S2. The van der Waals surface area contributed by atoms with E-state index in [0.29, 0.717) is 33.3 Å². The van der Waals surface area contributed by atoms with E-state index in [1.807, 2.05) is 42.7 Å². The van der Waals surface area contributed by atoms with Gasteiger partial charge in [-0.3, -0.25) is 14.8 Å². The second-order valence-electron chi connectivity index (χ2n) is 9.28. The SMILES string of the molecule is CSc1ncc(-c2sc(C(=O)c3ccc4cc(-c5ccccc5)n(CCCCN)c4c3)cc2CC(=O)NO)cn1. The van der Waals surface area contributed by atoms with Gasteiger partial charge in [-0.15, -0.1) is 11.3 Å². The third kappa shape index (κ3) is 5.85. The third-order valence-electron chi connectivity index (χ3n) is 6.65. The maximum atomic E-state index is 13.8. The fourth-order valence-corrected chi connectivity index (χ4v) is 6.14. The largest absolute Gasteiger partial charge is 0.340 e. The molecule has 40 heavy (non-hydrogen) atoms. The predicted molar refractivity (Wildman–Crippen MR) is 160 cm³/mol. The van der Waals surface area contributed by atoms with E-state index in [9.17, 15) is 9.59 Å². The van der Waals surface area contributed by atoms with Crippen LogP contribution < -0.4 is 11.2 Å². The fraction of sp³-hybridized carbons (Fsp3) is 0.200. The van der Waals surface area contributed by atoms with Gasteiger partial charge in [0.2, 0.25) is 11.7 Å². The van der Waals surface area contributed by atoms with Crippen LogP contribution in [-0.2, 0) is 17.8 Å². The number of hydrogen-bond acceptors (Lipinski definition) is 8. The number of thiophene rings is 1. The molecule has 1 amide bonds. The third-order valence-corrected chi connectivity index (χ3v) is 8.45. The van der Waals surface area contributed by atoms with E-state index in [0.717, 1.165) is 46.4 Å². The van der Waals surface area contributed by atoms with Crippen LogP contribution in [0.4, 0.5) is 0 Å². The minimum atomic E-state index is -0.565. The molecule has 204 valence electrons. The summed E-state index contributed by atoms with van der Waals surface area (Å²) < 4.78 is 2.26. The quantitative estimate of drug-likeness (QED) is 0.0473. The number of aryl methyl sites for hydroxylation is 1. The van der Waals surface area contributed by atoms with Gasteiger partial charge >= 0.3 is 0 Å². The van der Waals surface area contributed by atoms with Gasteiger partial charge in [-0.1, -0.05) is 54.2 Å². The van der Waals surface area contributed by atoms with Gasteiger partial charge in [0, 0.05) is 51.5 Å². The first-order chi connectivity index (χ1) is 19.5. The van der Waals surface area contributed by atoms with Crippen LogP contribution in [0, 0.1) is 0 Å².